The second-order valence-corrected chi connectivity index (χ2v) is 6.10. The number of hydrogen-bond donors (Lipinski definition) is 0. The van der Waals surface area contributed by atoms with E-state index in [0.717, 1.165) is 54.9 Å². The SMILES string of the molecule is Cc1cnc2c(c1)nc(CCCl)n2C1CCN(C)CC1. The molecule has 20 heavy (non-hydrogen) atoms. The molecule has 3 heterocycles. The number of hydrogen-bond acceptors (Lipinski definition) is 3. The zero-order chi connectivity index (χ0) is 14.1. The third-order valence-corrected chi connectivity index (χ3v) is 4.30. The summed E-state index contributed by atoms with van der Waals surface area (Å²) < 4.78 is 2.34. The number of alkyl halides is 1. The number of halogens is 1. The number of imidazole rings is 1. The van der Waals surface area contributed by atoms with Crippen molar-refractivity contribution in [3.63, 3.8) is 0 Å². The maximum atomic E-state index is 5.95. The summed E-state index contributed by atoms with van der Waals surface area (Å²) in [5, 5.41) is 0. The summed E-state index contributed by atoms with van der Waals surface area (Å²) in [6.45, 7) is 4.33. The molecule has 2 aromatic rings. The molecule has 1 aliphatic rings. The van der Waals surface area contributed by atoms with Gasteiger partial charge in [0.15, 0.2) is 5.65 Å². The summed E-state index contributed by atoms with van der Waals surface area (Å²) in [5.41, 5.74) is 3.18. The van der Waals surface area contributed by atoms with E-state index in [2.05, 4.69) is 34.5 Å². The quantitative estimate of drug-likeness (QED) is 0.816. The van der Waals surface area contributed by atoms with Gasteiger partial charge in [-0.3, -0.25) is 0 Å². The Morgan fingerprint density at radius 2 is 2.10 bits per heavy atom. The van der Waals surface area contributed by atoms with Gasteiger partial charge in [0.2, 0.25) is 0 Å². The molecule has 3 rings (SSSR count). The largest absolute Gasteiger partial charge is 0.309 e. The van der Waals surface area contributed by atoms with Crippen molar-refractivity contribution in [3.05, 3.63) is 23.7 Å². The lowest BCUT2D eigenvalue weighted by molar-refractivity contribution is 0.221. The van der Waals surface area contributed by atoms with Crippen LogP contribution < -0.4 is 0 Å². The smallest absolute Gasteiger partial charge is 0.160 e. The van der Waals surface area contributed by atoms with Gasteiger partial charge in [-0.15, -0.1) is 11.6 Å². The third kappa shape index (κ3) is 2.54. The third-order valence-electron chi connectivity index (χ3n) is 4.11. The van der Waals surface area contributed by atoms with Crippen molar-refractivity contribution in [2.45, 2.75) is 32.2 Å². The Kier molecular flexibility index (Phi) is 3.94. The van der Waals surface area contributed by atoms with Crippen LogP contribution in [0.5, 0.6) is 0 Å². The van der Waals surface area contributed by atoms with Gasteiger partial charge in [-0.2, -0.15) is 0 Å². The molecule has 1 fully saturated rings. The predicted molar refractivity (Wildman–Crippen MR) is 82.5 cm³/mol. The number of aromatic nitrogens is 3. The van der Waals surface area contributed by atoms with Crippen LogP contribution in [0.2, 0.25) is 0 Å². The van der Waals surface area contributed by atoms with Crippen molar-refractivity contribution in [1.29, 1.82) is 0 Å². The summed E-state index contributed by atoms with van der Waals surface area (Å²) in [7, 11) is 2.18. The van der Waals surface area contributed by atoms with Crippen molar-refractivity contribution in [2.24, 2.45) is 0 Å². The number of nitrogens with zero attached hydrogens (tertiary/aromatic N) is 4. The van der Waals surface area contributed by atoms with Crippen molar-refractivity contribution in [3.8, 4) is 0 Å². The van der Waals surface area contributed by atoms with E-state index in [1.807, 2.05) is 6.20 Å². The van der Waals surface area contributed by atoms with Crippen LogP contribution in [0, 0.1) is 6.92 Å². The number of likely N-dealkylation sites (tertiary alicyclic amines) is 1. The zero-order valence-corrected chi connectivity index (χ0v) is 12.9. The molecule has 1 aliphatic heterocycles. The fourth-order valence-corrected chi connectivity index (χ4v) is 3.20. The normalized spacial score (nSPS) is 17.9. The van der Waals surface area contributed by atoms with Gasteiger partial charge in [-0.1, -0.05) is 0 Å². The number of aryl methyl sites for hydroxylation is 2. The number of piperidine rings is 1. The maximum absolute atomic E-state index is 5.95. The average Bonchev–Trinajstić information content (AvgIpc) is 2.77. The van der Waals surface area contributed by atoms with Gasteiger partial charge < -0.3 is 9.47 Å². The Hall–Kier alpha value is -1.13. The topological polar surface area (TPSA) is 34.0 Å². The number of rotatable bonds is 3. The van der Waals surface area contributed by atoms with Crippen molar-refractivity contribution < 1.29 is 0 Å². The van der Waals surface area contributed by atoms with Gasteiger partial charge in [-0.05, 0) is 51.5 Å². The van der Waals surface area contributed by atoms with Crippen LogP contribution in [0.15, 0.2) is 12.3 Å². The van der Waals surface area contributed by atoms with E-state index in [0.29, 0.717) is 11.9 Å². The Morgan fingerprint density at radius 3 is 2.80 bits per heavy atom. The molecule has 0 unspecified atom stereocenters. The van der Waals surface area contributed by atoms with Crippen LogP contribution in [-0.4, -0.2) is 45.5 Å². The molecule has 0 aliphatic carbocycles. The first-order valence-electron chi connectivity index (χ1n) is 7.27. The highest BCUT2D eigenvalue weighted by Gasteiger charge is 2.23. The van der Waals surface area contributed by atoms with Crippen LogP contribution in [0.4, 0.5) is 0 Å². The summed E-state index contributed by atoms with van der Waals surface area (Å²) in [5.74, 6) is 1.69. The van der Waals surface area contributed by atoms with Gasteiger partial charge in [0.05, 0.1) is 0 Å². The Balaban J connectivity index is 2.04. The molecule has 2 aromatic heterocycles. The molecule has 4 nitrogen and oxygen atoms in total. The minimum Gasteiger partial charge on any atom is -0.309 e. The zero-order valence-electron chi connectivity index (χ0n) is 12.1. The van der Waals surface area contributed by atoms with E-state index in [1.165, 1.54) is 0 Å². The first-order valence-corrected chi connectivity index (χ1v) is 7.80. The molecule has 0 spiro atoms. The second-order valence-electron chi connectivity index (χ2n) is 5.73. The maximum Gasteiger partial charge on any atom is 0.160 e. The lowest BCUT2D eigenvalue weighted by Crippen LogP contribution is -2.32. The molecule has 0 radical (unpaired) electrons. The second kappa shape index (κ2) is 5.70. The van der Waals surface area contributed by atoms with E-state index in [-0.39, 0.29) is 0 Å². The molecule has 0 atom stereocenters. The number of fused-ring (bicyclic) bond motifs is 1. The highest BCUT2D eigenvalue weighted by atomic mass is 35.5. The van der Waals surface area contributed by atoms with E-state index >= 15 is 0 Å². The molecule has 0 N–H and O–H groups in total. The summed E-state index contributed by atoms with van der Waals surface area (Å²) in [6, 6.07) is 2.62. The van der Waals surface area contributed by atoms with Crippen LogP contribution in [-0.2, 0) is 6.42 Å². The van der Waals surface area contributed by atoms with Crippen LogP contribution in [0.25, 0.3) is 11.2 Å². The van der Waals surface area contributed by atoms with Crippen molar-refractivity contribution in [2.75, 3.05) is 26.0 Å². The highest BCUT2D eigenvalue weighted by Crippen LogP contribution is 2.28. The molecular formula is C15H21ClN4. The van der Waals surface area contributed by atoms with E-state index in [1.54, 1.807) is 0 Å². The lowest BCUT2D eigenvalue weighted by Gasteiger charge is -2.30. The molecule has 108 valence electrons. The lowest BCUT2D eigenvalue weighted by atomic mass is 10.1. The van der Waals surface area contributed by atoms with Crippen LogP contribution >= 0.6 is 11.6 Å². The first kappa shape index (κ1) is 13.8. The Labute approximate surface area is 124 Å². The molecule has 1 saturated heterocycles. The number of pyridine rings is 1. The fourth-order valence-electron chi connectivity index (χ4n) is 3.03. The van der Waals surface area contributed by atoms with Crippen LogP contribution in [0.1, 0.15) is 30.3 Å². The van der Waals surface area contributed by atoms with Gasteiger partial charge in [0.25, 0.3) is 0 Å². The van der Waals surface area contributed by atoms with Gasteiger partial charge in [0, 0.05) is 24.5 Å². The Morgan fingerprint density at radius 1 is 1.35 bits per heavy atom. The fraction of sp³-hybridized carbons (Fsp3) is 0.600. The minimum absolute atomic E-state index is 0.504. The van der Waals surface area contributed by atoms with E-state index < -0.39 is 0 Å². The van der Waals surface area contributed by atoms with Crippen molar-refractivity contribution in [1.82, 2.24) is 19.4 Å². The monoisotopic (exact) mass is 292 g/mol. The molecule has 0 bridgehead atoms. The molecule has 5 heteroatoms. The van der Waals surface area contributed by atoms with E-state index in [4.69, 9.17) is 16.6 Å². The minimum atomic E-state index is 0.504. The van der Waals surface area contributed by atoms with E-state index in [9.17, 15) is 0 Å². The molecule has 0 saturated carbocycles. The molecule has 0 amide bonds. The highest BCUT2D eigenvalue weighted by molar-refractivity contribution is 6.17. The Bertz CT molecular complexity index is 599. The van der Waals surface area contributed by atoms with Gasteiger partial charge in [0.1, 0.15) is 11.3 Å². The first-order chi connectivity index (χ1) is 9.69. The van der Waals surface area contributed by atoms with Crippen LogP contribution in [0.3, 0.4) is 0 Å². The average molecular weight is 293 g/mol. The standard InChI is InChI=1S/C15H21ClN4/c1-11-9-13-15(17-10-11)20(14(18-13)3-6-16)12-4-7-19(2)8-5-12/h9-10,12H,3-8H2,1-2H3. The summed E-state index contributed by atoms with van der Waals surface area (Å²) >= 11 is 5.95. The van der Waals surface area contributed by atoms with Gasteiger partial charge >= 0.3 is 0 Å². The predicted octanol–water partition coefficient (Wildman–Crippen LogP) is 2.79. The van der Waals surface area contributed by atoms with Crippen molar-refractivity contribution >= 4 is 22.8 Å². The molecule has 0 aromatic carbocycles. The molecular weight excluding hydrogens is 272 g/mol. The van der Waals surface area contributed by atoms with Gasteiger partial charge in [-0.25, -0.2) is 9.97 Å². The summed E-state index contributed by atoms with van der Waals surface area (Å²) in [6.07, 6.45) is 5.06. The summed E-state index contributed by atoms with van der Waals surface area (Å²) in [4.78, 5) is 11.8.